The van der Waals surface area contributed by atoms with E-state index < -0.39 is 0 Å². The summed E-state index contributed by atoms with van der Waals surface area (Å²) >= 11 is 0. The zero-order valence-corrected chi connectivity index (χ0v) is 10.6. The van der Waals surface area contributed by atoms with Gasteiger partial charge in [0.15, 0.2) is 0 Å². The number of carbonyl (C=O) groups is 1. The Morgan fingerprint density at radius 2 is 2.06 bits per heavy atom. The summed E-state index contributed by atoms with van der Waals surface area (Å²) in [6.07, 6.45) is 0.223. The monoisotopic (exact) mass is 236 g/mol. The van der Waals surface area contributed by atoms with Crippen molar-refractivity contribution in [3.8, 4) is 5.75 Å². The van der Waals surface area contributed by atoms with Crippen LogP contribution in [0, 0.1) is 6.92 Å². The van der Waals surface area contributed by atoms with Gasteiger partial charge < -0.3 is 16.2 Å². The summed E-state index contributed by atoms with van der Waals surface area (Å²) in [5.41, 5.74) is 13.7. The van der Waals surface area contributed by atoms with Crippen molar-refractivity contribution >= 4 is 11.6 Å². The second kappa shape index (κ2) is 5.57. The van der Waals surface area contributed by atoms with E-state index in [4.69, 9.17) is 16.2 Å². The molecule has 17 heavy (non-hydrogen) atoms. The highest BCUT2D eigenvalue weighted by molar-refractivity contribution is 5.73. The number of benzene rings is 1. The van der Waals surface area contributed by atoms with Crippen molar-refractivity contribution in [1.82, 2.24) is 0 Å². The molecule has 0 spiro atoms. The summed E-state index contributed by atoms with van der Waals surface area (Å²) in [5.74, 6) is 0.748. The van der Waals surface area contributed by atoms with Crippen LogP contribution in [0.2, 0.25) is 0 Å². The number of nitrogens with two attached hydrogens (primary N) is 2. The molecule has 94 valence electrons. The smallest absolute Gasteiger partial charge is 0.220 e. The van der Waals surface area contributed by atoms with E-state index in [0.717, 1.165) is 22.6 Å². The summed E-state index contributed by atoms with van der Waals surface area (Å²) in [6, 6.07) is 3.84. The fourth-order valence-electron chi connectivity index (χ4n) is 1.55. The number of nitrogen functional groups attached to an aromatic ring is 1. The molecular weight excluding hydrogens is 216 g/mol. The maximum Gasteiger partial charge on any atom is 0.220 e. The van der Waals surface area contributed by atoms with Crippen LogP contribution in [-0.4, -0.2) is 12.5 Å². The zero-order chi connectivity index (χ0) is 13.0. The van der Waals surface area contributed by atoms with Crippen LogP contribution in [-0.2, 0) is 4.79 Å². The van der Waals surface area contributed by atoms with Crippen LogP contribution in [0.3, 0.4) is 0 Å². The third kappa shape index (κ3) is 3.66. The number of anilines is 1. The van der Waals surface area contributed by atoms with Crippen LogP contribution in [0.15, 0.2) is 12.1 Å². The number of hydrogen-bond acceptors (Lipinski definition) is 3. The van der Waals surface area contributed by atoms with Crippen LogP contribution >= 0.6 is 0 Å². The van der Waals surface area contributed by atoms with E-state index in [9.17, 15) is 4.79 Å². The van der Waals surface area contributed by atoms with Crippen molar-refractivity contribution in [2.75, 3.05) is 12.3 Å². The molecule has 0 aliphatic heterocycles. The lowest BCUT2D eigenvalue weighted by molar-refractivity contribution is -0.118. The van der Waals surface area contributed by atoms with Crippen LogP contribution in [0.1, 0.15) is 37.3 Å². The Morgan fingerprint density at radius 1 is 1.41 bits per heavy atom. The molecule has 1 aromatic rings. The molecule has 0 radical (unpaired) electrons. The second-order valence-electron chi connectivity index (χ2n) is 4.47. The van der Waals surface area contributed by atoms with E-state index in [0.29, 0.717) is 12.5 Å². The molecule has 4 nitrogen and oxygen atoms in total. The molecule has 0 aliphatic carbocycles. The predicted molar refractivity (Wildman–Crippen MR) is 69.0 cm³/mol. The molecular formula is C13H20N2O2. The van der Waals surface area contributed by atoms with Gasteiger partial charge in [0.25, 0.3) is 0 Å². The Labute approximate surface area is 102 Å². The third-order valence-corrected chi connectivity index (χ3v) is 2.63. The van der Waals surface area contributed by atoms with Crippen molar-refractivity contribution in [3.63, 3.8) is 0 Å². The molecule has 0 unspecified atom stereocenters. The summed E-state index contributed by atoms with van der Waals surface area (Å²) < 4.78 is 5.59. The predicted octanol–water partition coefficient (Wildman–Crippen LogP) is 1.95. The van der Waals surface area contributed by atoms with Gasteiger partial charge in [-0.15, -0.1) is 0 Å². The van der Waals surface area contributed by atoms with Crippen molar-refractivity contribution in [2.24, 2.45) is 5.73 Å². The van der Waals surface area contributed by atoms with Gasteiger partial charge in [0.2, 0.25) is 5.91 Å². The van der Waals surface area contributed by atoms with E-state index in [1.165, 1.54) is 0 Å². The highest BCUT2D eigenvalue weighted by Crippen LogP contribution is 2.30. The standard InChI is InChI=1S/C13H20N2O2/c1-8(2)10-7-11(14)9(3)6-12(10)17-5-4-13(15)16/h6-8H,4-5,14H2,1-3H3,(H2,15,16). The molecule has 0 heterocycles. The summed E-state index contributed by atoms with van der Waals surface area (Å²) in [7, 11) is 0. The highest BCUT2D eigenvalue weighted by Gasteiger charge is 2.10. The molecule has 0 aliphatic rings. The van der Waals surface area contributed by atoms with Crippen molar-refractivity contribution in [2.45, 2.75) is 33.1 Å². The fraction of sp³-hybridized carbons (Fsp3) is 0.462. The molecule has 0 fully saturated rings. The Kier molecular flexibility index (Phi) is 4.37. The van der Waals surface area contributed by atoms with Gasteiger partial charge in [-0.05, 0) is 36.1 Å². The fourth-order valence-corrected chi connectivity index (χ4v) is 1.55. The summed E-state index contributed by atoms with van der Waals surface area (Å²) in [5, 5.41) is 0. The normalized spacial score (nSPS) is 10.6. The number of carbonyl (C=O) groups excluding carboxylic acids is 1. The Bertz CT molecular complexity index is 414. The molecule has 0 saturated carbocycles. The maximum atomic E-state index is 10.7. The zero-order valence-electron chi connectivity index (χ0n) is 10.6. The first-order chi connectivity index (χ1) is 7.91. The second-order valence-corrected chi connectivity index (χ2v) is 4.47. The van der Waals surface area contributed by atoms with Crippen LogP contribution in [0.25, 0.3) is 0 Å². The molecule has 0 saturated heterocycles. The van der Waals surface area contributed by atoms with E-state index in [2.05, 4.69) is 13.8 Å². The van der Waals surface area contributed by atoms with Gasteiger partial charge >= 0.3 is 0 Å². The van der Waals surface area contributed by atoms with Crippen LogP contribution in [0.4, 0.5) is 5.69 Å². The number of ether oxygens (including phenoxy) is 1. The minimum atomic E-state index is -0.358. The van der Waals surface area contributed by atoms with Gasteiger partial charge in [-0.1, -0.05) is 13.8 Å². The first-order valence-corrected chi connectivity index (χ1v) is 5.73. The topological polar surface area (TPSA) is 78.3 Å². The average Bonchev–Trinajstić information content (AvgIpc) is 2.22. The molecule has 0 aromatic heterocycles. The van der Waals surface area contributed by atoms with E-state index >= 15 is 0 Å². The molecule has 1 aromatic carbocycles. The molecule has 0 atom stereocenters. The van der Waals surface area contributed by atoms with Gasteiger partial charge in [0.05, 0.1) is 13.0 Å². The molecule has 4 N–H and O–H groups in total. The number of aryl methyl sites for hydroxylation is 1. The minimum Gasteiger partial charge on any atom is -0.493 e. The van der Waals surface area contributed by atoms with Crippen molar-refractivity contribution in [3.05, 3.63) is 23.3 Å². The first kappa shape index (κ1) is 13.4. The largest absolute Gasteiger partial charge is 0.493 e. The number of primary amides is 1. The van der Waals surface area contributed by atoms with Gasteiger partial charge in [-0.25, -0.2) is 0 Å². The van der Waals surface area contributed by atoms with E-state index in [-0.39, 0.29) is 12.3 Å². The molecule has 1 amide bonds. The number of amides is 1. The quantitative estimate of drug-likeness (QED) is 0.767. The lowest BCUT2D eigenvalue weighted by Crippen LogP contribution is -2.15. The van der Waals surface area contributed by atoms with Crippen LogP contribution in [0.5, 0.6) is 5.75 Å². The average molecular weight is 236 g/mol. The summed E-state index contributed by atoms with van der Waals surface area (Å²) in [4.78, 5) is 10.7. The number of rotatable bonds is 5. The van der Waals surface area contributed by atoms with Crippen molar-refractivity contribution < 1.29 is 9.53 Å². The van der Waals surface area contributed by atoms with Gasteiger partial charge in [0.1, 0.15) is 5.75 Å². The van der Waals surface area contributed by atoms with E-state index in [1.54, 1.807) is 0 Å². The Morgan fingerprint density at radius 3 is 2.59 bits per heavy atom. The van der Waals surface area contributed by atoms with Gasteiger partial charge in [-0.2, -0.15) is 0 Å². The van der Waals surface area contributed by atoms with Crippen molar-refractivity contribution in [1.29, 1.82) is 0 Å². The SMILES string of the molecule is Cc1cc(OCCC(N)=O)c(C(C)C)cc1N. The first-order valence-electron chi connectivity index (χ1n) is 5.73. The Hall–Kier alpha value is -1.71. The Balaban J connectivity index is 2.88. The van der Waals surface area contributed by atoms with Gasteiger partial charge in [-0.3, -0.25) is 4.79 Å². The minimum absolute atomic E-state index is 0.223. The molecule has 0 bridgehead atoms. The third-order valence-electron chi connectivity index (χ3n) is 2.63. The van der Waals surface area contributed by atoms with Crippen LogP contribution < -0.4 is 16.2 Å². The maximum absolute atomic E-state index is 10.7. The van der Waals surface area contributed by atoms with Gasteiger partial charge in [0, 0.05) is 5.69 Å². The molecule has 1 rings (SSSR count). The summed E-state index contributed by atoms with van der Waals surface area (Å²) in [6.45, 7) is 6.38. The lowest BCUT2D eigenvalue weighted by Gasteiger charge is -2.16. The molecule has 4 heteroatoms. The lowest BCUT2D eigenvalue weighted by atomic mass is 9.99. The van der Waals surface area contributed by atoms with E-state index in [1.807, 2.05) is 19.1 Å². The number of hydrogen-bond donors (Lipinski definition) is 2. The highest BCUT2D eigenvalue weighted by atomic mass is 16.5.